The molecule has 0 fully saturated rings. The minimum Gasteiger partial charge on any atom is -0.460 e. The molecule has 2 aromatic carbocycles. The molecule has 1 atom stereocenters. The number of aromatic nitrogens is 1. The van der Waals surface area contributed by atoms with E-state index in [1.165, 1.54) is 49.4 Å². The summed E-state index contributed by atoms with van der Waals surface area (Å²) >= 11 is 0. The second-order valence-corrected chi connectivity index (χ2v) is 8.16. The summed E-state index contributed by atoms with van der Waals surface area (Å²) in [4.78, 5) is 0. The number of hydrogen-bond acceptors (Lipinski definition) is 1. The highest BCUT2D eigenvalue weighted by atomic mass is 16.3. The lowest BCUT2D eigenvalue weighted by Crippen LogP contribution is -2.02. The molecule has 5 aromatic rings. The predicted octanol–water partition coefficient (Wildman–Crippen LogP) is 6.59. The standard InChI is InChI=1S/C25H19NO/c1-14-10-11-21-17(12-14)18-13-19-15-6-3-5-9-22(15)27-25(19)23-16-7-2-4-8-20(16)26(21)24(18)23/h2-4,6-8,10-11,13-14H,5,9,12H2,1H3. The van der Waals surface area contributed by atoms with Crippen LogP contribution in [-0.4, -0.2) is 4.40 Å². The topological polar surface area (TPSA) is 17.6 Å². The number of aryl methyl sites for hydroxylation is 1. The molecule has 2 aliphatic carbocycles. The van der Waals surface area contributed by atoms with Crippen molar-refractivity contribution in [3.63, 3.8) is 0 Å². The average Bonchev–Trinajstić information content (AvgIpc) is 3.33. The second-order valence-electron chi connectivity index (χ2n) is 8.16. The van der Waals surface area contributed by atoms with Crippen molar-refractivity contribution in [2.24, 2.45) is 5.92 Å². The number of rotatable bonds is 0. The number of furan rings is 1. The molecule has 130 valence electrons. The molecule has 0 bridgehead atoms. The number of fused-ring (bicyclic) bond motifs is 10. The zero-order chi connectivity index (χ0) is 17.7. The normalized spacial score (nSPS) is 18.9. The largest absolute Gasteiger partial charge is 0.460 e. The van der Waals surface area contributed by atoms with Crippen LogP contribution in [0.25, 0.3) is 50.3 Å². The minimum absolute atomic E-state index is 0.587. The number of nitrogens with zero attached hydrogens (tertiary/aromatic N) is 1. The highest BCUT2D eigenvalue weighted by Gasteiger charge is 2.27. The van der Waals surface area contributed by atoms with Crippen molar-refractivity contribution in [3.05, 3.63) is 65.1 Å². The molecular formula is C25H19NO. The zero-order valence-corrected chi connectivity index (χ0v) is 15.3. The zero-order valence-electron chi connectivity index (χ0n) is 15.3. The first-order valence-corrected chi connectivity index (χ1v) is 9.91. The number of benzene rings is 2. The molecule has 0 amide bonds. The van der Waals surface area contributed by atoms with Crippen molar-refractivity contribution >= 4 is 50.3 Å². The van der Waals surface area contributed by atoms with Crippen molar-refractivity contribution in [2.45, 2.75) is 26.2 Å². The van der Waals surface area contributed by atoms with E-state index in [0.29, 0.717) is 5.92 Å². The Morgan fingerprint density at radius 2 is 2.00 bits per heavy atom. The second kappa shape index (κ2) is 4.64. The average molecular weight is 349 g/mol. The van der Waals surface area contributed by atoms with Gasteiger partial charge >= 0.3 is 0 Å². The van der Waals surface area contributed by atoms with E-state index < -0.39 is 0 Å². The fourth-order valence-electron chi connectivity index (χ4n) is 5.34. The molecule has 2 nitrogen and oxygen atoms in total. The van der Waals surface area contributed by atoms with Crippen LogP contribution in [0.1, 0.15) is 35.9 Å². The van der Waals surface area contributed by atoms with Crippen LogP contribution < -0.4 is 0 Å². The van der Waals surface area contributed by atoms with Crippen LogP contribution in [0.4, 0.5) is 0 Å². The summed E-state index contributed by atoms with van der Waals surface area (Å²) in [5, 5.41) is 5.27. The van der Waals surface area contributed by atoms with Crippen LogP contribution in [0.5, 0.6) is 0 Å². The third-order valence-electron chi connectivity index (χ3n) is 6.51. The summed E-state index contributed by atoms with van der Waals surface area (Å²) in [6.45, 7) is 2.31. The van der Waals surface area contributed by atoms with Crippen molar-refractivity contribution in [1.82, 2.24) is 4.40 Å². The molecule has 1 unspecified atom stereocenters. The maximum absolute atomic E-state index is 6.48. The molecule has 2 aliphatic rings. The lowest BCUT2D eigenvalue weighted by atomic mass is 9.91. The van der Waals surface area contributed by atoms with Gasteiger partial charge in [-0.05, 0) is 42.5 Å². The molecule has 0 saturated carbocycles. The first kappa shape index (κ1) is 14.1. The molecule has 2 heteroatoms. The van der Waals surface area contributed by atoms with E-state index >= 15 is 0 Å². The van der Waals surface area contributed by atoms with Gasteiger partial charge < -0.3 is 8.82 Å². The summed E-state index contributed by atoms with van der Waals surface area (Å²) < 4.78 is 8.95. The van der Waals surface area contributed by atoms with Gasteiger partial charge in [0.05, 0.1) is 16.4 Å². The van der Waals surface area contributed by atoms with Gasteiger partial charge in [-0.2, -0.15) is 0 Å². The van der Waals surface area contributed by atoms with Gasteiger partial charge in [0.2, 0.25) is 0 Å². The molecule has 0 radical (unpaired) electrons. The van der Waals surface area contributed by atoms with Gasteiger partial charge in [-0.3, -0.25) is 0 Å². The number of allylic oxidation sites excluding steroid dienone is 2. The van der Waals surface area contributed by atoms with Crippen LogP contribution in [0.15, 0.2) is 46.9 Å². The molecule has 0 saturated heterocycles. The summed E-state index contributed by atoms with van der Waals surface area (Å²) in [7, 11) is 0. The Morgan fingerprint density at radius 1 is 1.07 bits per heavy atom. The van der Waals surface area contributed by atoms with Gasteiger partial charge in [-0.1, -0.05) is 43.4 Å². The Labute approximate surface area is 156 Å². The van der Waals surface area contributed by atoms with Crippen LogP contribution in [0.3, 0.4) is 0 Å². The van der Waals surface area contributed by atoms with E-state index in [1.54, 1.807) is 0 Å². The summed E-state index contributed by atoms with van der Waals surface area (Å²) in [6, 6.07) is 11.2. The smallest absolute Gasteiger partial charge is 0.144 e. The maximum atomic E-state index is 6.48. The number of para-hydroxylation sites is 1. The summed E-state index contributed by atoms with van der Waals surface area (Å²) in [5.41, 5.74) is 7.83. The molecule has 27 heavy (non-hydrogen) atoms. The van der Waals surface area contributed by atoms with Gasteiger partial charge in [-0.25, -0.2) is 0 Å². The fraction of sp³-hybridized carbons (Fsp3) is 0.200. The van der Waals surface area contributed by atoms with Crippen molar-refractivity contribution in [2.75, 3.05) is 0 Å². The molecule has 0 spiro atoms. The van der Waals surface area contributed by atoms with Gasteiger partial charge in [0.15, 0.2) is 0 Å². The van der Waals surface area contributed by atoms with Crippen molar-refractivity contribution in [1.29, 1.82) is 0 Å². The fourth-order valence-corrected chi connectivity index (χ4v) is 5.34. The Kier molecular flexibility index (Phi) is 2.42. The monoisotopic (exact) mass is 349 g/mol. The predicted molar refractivity (Wildman–Crippen MR) is 113 cm³/mol. The van der Waals surface area contributed by atoms with Crippen LogP contribution in [0, 0.1) is 5.92 Å². The number of hydrogen-bond donors (Lipinski definition) is 0. The van der Waals surface area contributed by atoms with E-state index in [0.717, 1.165) is 30.6 Å². The minimum atomic E-state index is 0.587. The van der Waals surface area contributed by atoms with E-state index in [-0.39, 0.29) is 0 Å². The van der Waals surface area contributed by atoms with Crippen LogP contribution >= 0.6 is 0 Å². The van der Waals surface area contributed by atoms with E-state index in [1.807, 2.05) is 0 Å². The quantitative estimate of drug-likeness (QED) is 0.308. The van der Waals surface area contributed by atoms with Crippen molar-refractivity contribution in [3.8, 4) is 0 Å². The summed E-state index contributed by atoms with van der Waals surface area (Å²) in [6.07, 6.45) is 12.4. The Bertz CT molecular complexity index is 1460. The Hall–Kier alpha value is -3.00. The third-order valence-corrected chi connectivity index (χ3v) is 6.51. The van der Waals surface area contributed by atoms with Gasteiger partial charge in [0.25, 0.3) is 0 Å². The SMILES string of the molecule is CC1C=Cc2c(c3cc4c5c(oc4c4c6ccccc6n2c34)CCC=C5)C1. The molecule has 3 aromatic heterocycles. The lowest BCUT2D eigenvalue weighted by molar-refractivity contribution is 0.549. The lowest BCUT2D eigenvalue weighted by Gasteiger charge is -2.13. The van der Waals surface area contributed by atoms with Crippen molar-refractivity contribution < 1.29 is 4.42 Å². The molecule has 3 heterocycles. The first-order chi connectivity index (χ1) is 13.3. The van der Waals surface area contributed by atoms with Crippen LogP contribution in [0.2, 0.25) is 0 Å². The molecule has 0 N–H and O–H groups in total. The van der Waals surface area contributed by atoms with Gasteiger partial charge in [0.1, 0.15) is 11.3 Å². The molecule has 7 rings (SSSR count). The highest BCUT2D eigenvalue weighted by molar-refractivity contribution is 6.26. The molecule has 0 aliphatic heterocycles. The van der Waals surface area contributed by atoms with E-state index in [4.69, 9.17) is 4.42 Å². The van der Waals surface area contributed by atoms with E-state index in [2.05, 4.69) is 66.0 Å². The maximum Gasteiger partial charge on any atom is 0.144 e. The van der Waals surface area contributed by atoms with Gasteiger partial charge in [0, 0.05) is 33.8 Å². The van der Waals surface area contributed by atoms with E-state index in [9.17, 15) is 0 Å². The molecular weight excluding hydrogens is 330 g/mol. The Morgan fingerprint density at radius 3 is 2.96 bits per heavy atom. The third kappa shape index (κ3) is 1.58. The van der Waals surface area contributed by atoms with Crippen LogP contribution in [-0.2, 0) is 12.8 Å². The highest BCUT2D eigenvalue weighted by Crippen LogP contribution is 2.46. The Balaban J connectivity index is 1.81. The first-order valence-electron chi connectivity index (χ1n) is 9.91. The van der Waals surface area contributed by atoms with Gasteiger partial charge in [-0.15, -0.1) is 0 Å². The summed E-state index contributed by atoms with van der Waals surface area (Å²) in [5.74, 6) is 1.73.